The molecule has 8 nitrogen and oxygen atoms in total. The number of hydrogen-bond donors (Lipinski definition) is 0. The van der Waals surface area contributed by atoms with Gasteiger partial charge in [0.15, 0.2) is 0 Å². The van der Waals surface area contributed by atoms with E-state index in [1.165, 1.54) is 16.4 Å². The highest BCUT2D eigenvalue weighted by Crippen LogP contribution is 2.37. The van der Waals surface area contributed by atoms with Crippen molar-refractivity contribution in [2.75, 3.05) is 13.1 Å². The normalized spacial score (nSPS) is 15.6. The van der Waals surface area contributed by atoms with Crippen molar-refractivity contribution in [3.63, 3.8) is 0 Å². The van der Waals surface area contributed by atoms with Crippen LogP contribution in [0.3, 0.4) is 0 Å². The molecule has 1 fully saturated rings. The van der Waals surface area contributed by atoms with Crippen LogP contribution in [-0.4, -0.2) is 35.7 Å². The van der Waals surface area contributed by atoms with Gasteiger partial charge in [-0.15, -0.1) is 0 Å². The summed E-state index contributed by atoms with van der Waals surface area (Å²) in [7, 11) is -3.81. The fourth-order valence-corrected chi connectivity index (χ4v) is 5.43. The number of hydrogen-bond acceptors (Lipinski definition) is 7. The van der Waals surface area contributed by atoms with E-state index in [9.17, 15) is 18.5 Å². The van der Waals surface area contributed by atoms with Gasteiger partial charge in [-0.2, -0.15) is 4.31 Å². The van der Waals surface area contributed by atoms with Crippen LogP contribution >= 0.6 is 11.8 Å². The number of aromatic nitrogens is 1. The number of nitro groups is 1. The van der Waals surface area contributed by atoms with Crippen LogP contribution < -0.4 is 0 Å². The van der Waals surface area contributed by atoms with Crippen LogP contribution in [0.15, 0.2) is 37.6 Å². The third-order valence-electron chi connectivity index (χ3n) is 4.03. The van der Waals surface area contributed by atoms with Crippen molar-refractivity contribution in [2.45, 2.75) is 41.7 Å². The molecule has 0 radical (unpaired) electrons. The van der Waals surface area contributed by atoms with Crippen LogP contribution in [0.1, 0.15) is 24.3 Å². The Kier molecular flexibility index (Phi) is 4.85. The minimum Gasteiger partial charge on any atom is -0.436 e. The molecule has 0 saturated carbocycles. The van der Waals surface area contributed by atoms with Crippen LogP contribution in [0.4, 0.5) is 5.69 Å². The standard InChI is InChI=1S/C15H17N3O5S2/c1-10-11(2)23-15(16-10)24-13-6-5-12(18(19)20)9-14(13)25(21,22)17-7-3-4-8-17/h5-6,9H,3-4,7-8H2,1-2H3. The minimum atomic E-state index is -3.81. The molecule has 0 spiro atoms. The quantitative estimate of drug-likeness (QED) is 0.576. The van der Waals surface area contributed by atoms with Gasteiger partial charge in [0.25, 0.3) is 10.9 Å². The summed E-state index contributed by atoms with van der Waals surface area (Å²) in [6.45, 7) is 4.41. The Balaban J connectivity index is 2.06. The Labute approximate surface area is 149 Å². The van der Waals surface area contributed by atoms with Crippen LogP contribution in [0.5, 0.6) is 0 Å². The summed E-state index contributed by atoms with van der Waals surface area (Å²) in [6.07, 6.45) is 1.57. The maximum absolute atomic E-state index is 12.9. The van der Waals surface area contributed by atoms with E-state index in [4.69, 9.17) is 4.42 Å². The molecule has 0 N–H and O–H groups in total. The molecular weight excluding hydrogens is 366 g/mol. The van der Waals surface area contributed by atoms with Gasteiger partial charge in [-0.05, 0) is 44.5 Å². The second kappa shape index (κ2) is 6.77. The lowest BCUT2D eigenvalue weighted by atomic mass is 10.3. The lowest BCUT2D eigenvalue weighted by Crippen LogP contribution is -2.28. The third-order valence-corrected chi connectivity index (χ3v) is 7.02. The predicted molar refractivity (Wildman–Crippen MR) is 91.2 cm³/mol. The van der Waals surface area contributed by atoms with Crippen molar-refractivity contribution in [1.82, 2.24) is 9.29 Å². The van der Waals surface area contributed by atoms with Gasteiger partial charge < -0.3 is 4.42 Å². The van der Waals surface area contributed by atoms with Gasteiger partial charge in [-0.1, -0.05) is 0 Å². The first kappa shape index (κ1) is 17.9. The average molecular weight is 383 g/mol. The van der Waals surface area contributed by atoms with Crippen molar-refractivity contribution in [3.05, 3.63) is 39.8 Å². The van der Waals surface area contributed by atoms with E-state index in [0.29, 0.717) is 34.7 Å². The summed E-state index contributed by atoms with van der Waals surface area (Å²) < 4.78 is 32.7. The predicted octanol–water partition coefficient (Wildman–Crippen LogP) is 3.14. The fraction of sp³-hybridized carbons (Fsp3) is 0.400. The average Bonchev–Trinajstić information content (AvgIpc) is 3.18. The van der Waals surface area contributed by atoms with Gasteiger partial charge >= 0.3 is 0 Å². The molecule has 1 saturated heterocycles. The van der Waals surface area contributed by atoms with E-state index in [-0.39, 0.29) is 10.6 Å². The van der Waals surface area contributed by atoms with Crippen LogP contribution in [0.2, 0.25) is 0 Å². The fourth-order valence-electron chi connectivity index (χ4n) is 2.54. The Bertz CT molecular complexity index is 898. The van der Waals surface area contributed by atoms with Crippen LogP contribution in [-0.2, 0) is 10.0 Å². The molecule has 1 aliphatic heterocycles. The zero-order valence-corrected chi connectivity index (χ0v) is 15.4. The number of sulfonamides is 1. The molecule has 0 unspecified atom stereocenters. The SMILES string of the molecule is Cc1nc(Sc2ccc([N+](=O)[O-])cc2S(=O)(=O)N2CCCC2)oc1C. The molecular formula is C15H17N3O5S2. The Morgan fingerprint density at radius 2 is 1.96 bits per heavy atom. The number of aryl methyl sites for hydroxylation is 2. The lowest BCUT2D eigenvalue weighted by Gasteiger charge is -2.17. The largest absolute Gasteiger partial charge is 0.436 e. The van der Waals surface area contributed by atoms with E-state index < -0.39 is 14.9 Å². The summed E-state index contributed by atoms with van der Waals surface area (Å²) in [4.78, 5) is 15.0. The smallest absolute Gasteiger partial charge is 0.270 e. The number of nitro benzene ring substituents is 1. The maximum Gasteiger partial charge on any atom is 0.270 e. The van der Waals surface area contributed by atoms with Gasteiger partial charge in [-0.25, -0.2) is 13.4 Å². The molecule has 0 bridgehead atoms. The van der Waals surface area contributed by atoms with E-state index in [1.54, 1.807) is 13.8 Å². The molecule has 2 heterocycles. The zero-order chi connectivity index (χ0) is 18.2. The molecule has 0 atom stereocenters. The number of rotatable bonds is 5. The molecule has 134 valence electrons. The topological polar surface area (TPSA) is 107 Å². The molecule has 10 heteroatoms. The summed E-state index contributed by atoms with van der Waals surface area (Å²) >= 11 is 1.05. The van der Waals surface area contributed by atoms with Gasteiger partial charge in [-0.3, -0.25) is 10.1 Å². The Morgan fingerprint density at radius 3 is 2.52 bits per heavy atom. The first-order valence-corrected chi connectivity index (χ1v) is 9.95. The van der Waals surface area contributed by atoms with Gasteiger partial charge in [0.05, 0.1) is 10.6 Å². The molecule has 0 amide bonds. The summed E-state index contributed by atoms with van der Waals surface area (Å²) in [6, 6.07) is 3.83. The molecule has 1 aromatic carbocycles. The van der Waals surface area contributed by atoms with Crippen molar-refractivity contribution in [1.29, 1.82) is 0 Å². The number of benzene rings is 1. The van der Waals surface area contributed by atoms with E-state index >= 15 is 0 Å². The van der Waals surface area contributed by atoms with Gasteiger partial charge in [0, 0.05) is 30.1 Å². The second-order valence-electron chi connectivity index (χ2n) is 5.72. The van der Waals surface area contributed by atoms with Gasteiger partial charge in [0.1, 0.15) is 10.7 Å². The molecule has 25 heavy (non-hydrogen) atoms. The molecule has 0 aliphatic carbocycles. The van der Waals surface area contributed by atoms with Crippen molar-refractivity contribution in [2.24, 2.45) is 0 Å². The van der Waals surface area contributed by atoms with Crippen LogP contribution in [0, 0.1) is 24.0 Å². The summed E-state index contributed by atoms with van der Waals surface area (Å²) in [5, 5.41) is 11.4. The van der Waals surface area contributed by atoms with Crippen LogP contribution in [0.25, 0.3) is 0 Å². The van der Waals surface area contributed by atoms with Crippen molar-refractivity contribution in [3.8, 4) is 0 Å². The Hall–Kier alpha value is -1.91. The molecule has 3 rings (SSSR count). The number of nitrogens with zero attached hydrogens (tertiary/aromatic N) is 3. The van der Waals surface area contributed by atoms with Crippen molar-refractivity contribution < 1.29 is 17.8 Å². The Morgan fingerprint density at radius 1 is 1.28 bits per heavy atom. The first-order valence-electron chi connectivity index (χ1n) is 7.69. The maximum atomic E-state index is 12.9. The molecule has 1 aliphatic rings. The minimum absolute atomic E-state index is 0.0814. The third kappa shape index (κ3) is 3.55. The highest BCUT2D eigenvalue weighted by Gasteiger charge is 2.31. The number of oxazole rings is 1. The zero-order valence-electron chi connectivity index (χ0n) is 13.8. The summed E-state index contributed by atoms with van der Waals surface area (Å²) in [5.41, 5.74) is 0.454. The number of non-ortho nitro benzene ring substituents is 1. The van der Waals surface area contributed by atoms with E-state index in [0.717, 1.165) is 30.7 Å². The van der Waals surface area contributed by atoms with E-state index in [2.05, 4.69) is 4.98 Å². The molecule has 1 aromatic heterocycles. The van der Waals surface area contributed by atoms with Crippen molar-refractivity contribution >= 4 is 27.5 Å². The lowest BCUT2D eigenvalue weighted by molar-refractivity contribution is -0.385. The second-order valence-corrected chi connectivity index (χ2v) is 8.62. The monoisotopic (exact) mass is 383 g/mol. The highest BCUT2D eigenvalue weighted by atomic mass is 32.2. The first-order chi connectivity index (χ1) is 11.8. The van der Waals surface area contributed by atoms with Gasteiger partial charge in [0.2, 0.25) is 10.0 Å². The van der Waals surface area contributed by atoms with E-state index in [1.807, 2.05) is 0 Å². The summed E-state index contributed by atoms with van der Waals surface area (Å²) in [5.74, 6) is 0.647. The highest BCUT2D eigenvalue weighted by molar-refractivity contribution is 8.00. The molecule has 2 aromatic rings.